The molecular formula is C66H34F3N7. The third-order valence-corrected chi connectivity index (χ3v) is 14.0. The Morgan fingerprint density at radius 3 is 0.842 bits per heavy atom. The summed E-state index contributed by atoms with van der Waals surface area (Å²) < 4.78 is 52.7. The van der Waals surface area contributed by atoms with Gasteiger partial charge in [0.2, 0.25) is 0 Å². The zero-order chi connectivity index (χ0) is 52.2. The molecule has 12 aromatic rings. The minimum atomic E-state index is -4.91. The molecule has 0 saturated heterocycles. The fourth-order valence-electron chi connectivity index (χ4n) is 10.5. The molecule has 0 unspecified atom stereocenters. The molecule has 354 valence electrons. The molecule has 0 bridgehead atoms. The van der Waals surface area contributed by atoms with Crippen molar-refractivity contribution in [2.75, 3.05) is 0 Å². The van der Waals surface area contributed by atoms with E-state index in [0.29, 0.717) is 50.0 Å². The summed E-state index contributed by atoms with van der Waals surface area (Å²) in [6, 6.07) is 72.3. The first-order chi connectivity index (χ1) is 37.0. The van der Waals surface area contributed by atoms with Crippen LogP contribution in [0.5, 0.6) is 0 Å². The van der Waals surface area contributed by atoms with Crippen molar-refractivity contribution in [2.45, 2.75) is 6.18 Å². The Hall–Kier alpha value is -11.0. The summed E-state index contributed by atoms with van der Waals surface area (Å²) >= 11 is 0. The van der Waals surface area contributed by atoms with Gasteiger partial charge in [-0.2, -0.15) is 39.5 Å². The van der Waals surface area contributed by atoms with Gasteiger partial charge in [0.05, 0.1) is 97.2 Å². The lowest BCUT2D eigenvalue weighted by molar-refractivity contribution is -0.137. The molecule has 7 nitrogen and oxygen atoms in total. The van der Waals surface area contributed by atoms with Gasteiger partial charge in [0.15, 0.2) is 0 Å². The van der Waals surface area contributed by atoms with Crippen molar-refractivity contribution in [3.8, 4) is 97.4 Å². The fourth-order valence-corrected chi connectivity index (χ4v) is 10.5. The molecule has 0 N–H and O–H groups in total. The van der Waals surface area contributed by atoms with Gasteiger partial charge >= 0.3 is 6.18 Å². The number of halogens is 3. The summed E-state index contributed by atoms with van der Waals surface area (Å²) in [5, 5.41) is 52.9. The molecule has 0 amide bonds. The van der Waals surface area contributed by atoms with Gasteiger partial charge in [0, 0.05) is 21.5 Å². The Morgan fingerprint density at radius 2 is 0.553 bits per heavy atom. The van der Waals surface area contributed by atoms with Crippen LogP contribution in [-0.4, -0.2) is 9.13 Å². The maximum Gasteiger partial charge on any atom is 0.417 e. The summed E-state index contributed by atoms with van der Waals surface area (Å²) in [6.45, 7) is 0. The highest BCUT2D eigenvalue weighted by atomic mass is 19.4. The third kappa shape index (κ3) is 7.92. The van der Waals surface area contributed by atoms with E-state index in [1.807, 2.05) is 118 Å². The molecule has 2 heterocycles. The molecule has 0 aliphatic carbocycles. The maximum atomic E-state index is 16.3. The number of benzene rings is 10. The van der Waals surface area contributed by atoms with E-state index in [9.17, 15) is 26.3 Å². The molecule has 12 rings (SSSR count). The average Bonchev–Trinajstić information content (AvgIpc) is 3.98. The first-order valence-corrected chi connectivity index (χ1v) is 24.0. The van der Waals surface area contributed by atoms with Crippen LogP contribution in [0.2, 0.25) is 0 Å². The highest BCUT2D eigenvalue weighted by molar-refractivity contribution is 6.14. The van der Waals surface area contributed by atoms with Crippen molar-refractivity contribution in [2.24, 2.45) is 0 Å². The molecule has 2 aromatic heterocycles. The summed E-state index contributed by atoms with van der Waals surface area (Å²) in [7, 11) is 0. The fraction of sp³-hybridized carbons (Fsp3) is 0.0152. The van der Waals surface area contributed by atoms with Crippen LogP contribution in [0.15, 0.2) is 206 Å². The van der Waals surface area contributed by atoms with Gasteiger partial charge in [0.25, 0.3) is 0 Å². The number of alkyl halides is 3. The smallest absolute Gasteiger partial charge is 0.307 e. The molecule has 76 heavy (non-hydrogen) atoms. The SMILES string of the molecule is N#Cc1cccc(-c2ccc3c4ccc(-c5cccc(C#N)c5)cc4n(-c4cc(-c5cccc(C#N)c5)c(C(F)(F)F)cc4-n4c5cc(-c6cccc(C#N)c6)ccc5c5ccc(-c6cccc(C#N)c6)cc54)c3c2)c1. The highest BCUT2D eigenvalue weighted by Gasteiger charge is 2.36. The normalized spacial score (nSPS) is 11.3. The monoisotopic (exact) mass is 981 g/mol. The lowest BCUT2D eigenvalue weighted by Gasteiger charge is -2.22. The van der Waals surface area contributed by atoms with E-state index in [-0.39, 0.29) is 22.4 Å². The second-order valence-corrected chi connectivity index (χ2v) is 18.4. The van der Waals surface area contributed by atoms with E-state index in [0.717, 1.165) is 66.1 Å². The number of aromatic nitrogens is 2. The lowest BCUT2D eigenvalue weighted by Crippen LogP contribution is -2.12. The van der Waals surface area contributed by atoms with Gasteiger partial charge in [-0.3, -0.25) is 0 Å². The van der Waals surface area contributed by atoms with Gasteiger partial charge in [0.1, 0.15) is 0 Å². The van der Waals surface area contributed by atoms with Crippen molar-refractivity contribution in [1.82, 2.24) is 9.13 Å². The van der Waals surface area contributed by atoms with Crippen molar-refractivity contribution < 1.29 is 13.2 Å². The summed E-state index contributed by atoms with van der Waals surface area (Å²) in [6.07, 6.45) is -4.91. The second-order valence-electron chi connectivity index (χ2n) is 18.4. The van der Waals surface area contributed by atoms with E-state index >= 15 is 13.2 Å². The van der Waals surface area contributed by atoms with E-state index in [2.05, 4.69) is 30.3 Å². The lowest BCUT2D eigenvalue weighted by atomic mass is 9.95. The number of nitriles is 5. The molecular weight excluding hydrogens is 948 g/mol. The van der Waals surface area contributed by atoms with Crippen LogP contribution in [0.3, 0.4) is 0 Å². The van der Waals surface area contributed by atoms with Crippen molar-refractivity contribution >= 4 is 43.6 Å². The summed E-state index contributed by atoms with van der Waals surface area (Å²) in [4.78, 5) is 0. The second kappa shape index (κ2) is 18.3. The Kier molecular flexibility index (Phi) is 11.1. The van der Waals surface area contributed by atoms with E-state index in [1.165, 1.54) is 12.1 Å². The minimum Gasteiger partial charge on any atom is -0.307 e. The van der Waals surface area contributed by atoms with Crippen molar-refractivity contribution in [3.63, 3.8) is 0 Å². The summed E-state index contributed by atoms with van der Waals surface area (Å²) in [5.41, 5.74) is 10.0. The van der Waals surface area contributed by atoms with Crippen LogP contribution in [0.1, 0.15) is 33.4 Å². The van der Waals surface area contributed by atoms with Crippen LogP contribution >= 0.6 is 0 Å². The van der Waals surface area contributed by atoms with Crippen LogP contribution in [0.25, 0.3) is 111 Å². The van der Waals surface area contributed by atoms with Gasteiger partial charge in [-0.1, -0.05) is 109 Å². The average molecular weight is 982 g/mol. The summed E-state index contributed by atoms with van der Waals surface area (Å²) in [5.74, 6) is 0. The number of hydrogen-bond donors (Lipinski definition) is 0. The zero-order valence-electron chi connectivity index (χ0n) is 39.9. The number of nitrogens with zero attached hydrogens (tertiary/aromatic N) is 7. The van der Waals surface area contributed by atoms with E-state index in [1.54, 1.807) is 84.9 Å². The predicted octanol–water partition coefficient (Wildman–Crippen LogP) is 16.6. The van der Waals surface area contributed by atoms with Gasteiger partial charge in [-0.05, 0) is 153 Å². The van der Waals surface area contributed by atoms with Gasteiger partial charge in [-0.15, -0.1) is 0 Å². The third-order valence-electron chi connectivity index (χ3n) is 14.0. The van der Waals surface area contributed by atoms with Gasteiger partial charge in [-0.25, -0.2) is 0 Å². The van der Waals surface area contributed by atoms with Gasteiger partial charge < -0.3 is 9.13 Å². The zero-order valence-corrected chi connectivity index (χ0v) is 39.9. The molecule has 10 aromatic carbocycles. The molecule has 0 atom stereocenters. The van der Waals surface area contributed by atoms with Crippen LogP contribution in [0.4, 0.5) is 13.2 Å². The number of hydrogen-bond acceptors (Lipinski definition) is 5. The standard InChI is InChI=1S/C66H34F3N7/c67-66(68,69)59-34-65(76-62-31-51(47-13-3-8-42(26-47)37-72)18-22-56(62)57-23-19-52(32-63(57)76)48-14-4-9-43(27-48)38-73)64(33-58(59)53-15-5-10-44(28-53)39-74)75-60-29-49(45-11-1-6-40(24-45)35-70)16-20-54(60)55-21-17-50(30-61(55)75)46-12-2-7-41(25-46)36-71/h1-34H. The first-order valence-electron chi connectivity index (χ1n) is 24.0. The molecule has 0 saturated carbocycles. The Balaban J connectivity index is 1.28. The quantitative estimate of drug-likeness (QED) is 0.157. The van der Waals surface area contributed by atoms with Crippen LogP contribution in [-0.2, 0) is 6.18 Å². The van der Waals surface area contributed by atoms with Crippen molar-refractivity contribution in [3.05, 3.63) is 240 Å². The number of rotatable bonds is 7. The topological polar surface area (TPSA) is 129 Å². The highest BCUT2D eigenvalue weighted by Crippen LogP contribution is 2.47. The van der Waals surface area contributed by atoms with Crippen LogP contribution in [0, 0.1) is 56.7 Å². The maximum absolute atomic E-state index is 16.3. The Labute approximate surface area is 433 Å². The minimum absolute atomic E-state index is 0.155. The predicted molar refractivity (Wildman–Crippen MR) is 291 cm³/mol. The van der Waals surface area contributed by atoms with E-state index < -0.39 is 11.7 Å². The molecule has 0 aliphatic heterocycles. The van der Waals surface area contributed by atoms with E-state index in [4.69, 9.17) is 0 Å². The first kappa shape index (κ1) is 46.1. The Morgan fingerprint density at radius 1 is 0.289 bits per heavy atom. The largest absolute Gasteiger partial charge is 0.417 e. The molecule has 0 radical (unpaired) electrons. The van der Waals surface area contributed by atoms with Crippen molar-refractivity contribution in [1.29, 1.82) is 26.3 Å². The molecule has 10 heteroatoms. The van der Waals surface area contributed by atoms with Crippen LogP contribution < -0.4 is 0 Å². The number of fused-ring (bicyclic) bond motifs is 6. The molecule has 0 spiro atoms. The molecule has 0 fully saturated rings. The molecule has 0 aliphatic rings. The Bertz CT molecular complexity index is 4420.